The third kappa shape index (κ3) is 4.54. The molecular weight excluding hydrogens is 404 g/mol. The lowest BCUT2D eigenvalue weighted by molar-refractivity contribution is 0.247. The predicted octanol–water partition coefficient (Wildman–Crippen LogP) is 4.67. The summed E-state index contributed by atoms with van der Waals surface area (Å²) < 4.78 is 5.22. The number of nitriles is 1. The van der Waals surface area contributed by atoms with Gasteiger partial charge in [-0.25, -0.2) is 4.98 Å². The van der Waals surface area contributed by atoms with Crippen LogP contribution in [0.1, 0.15) is 11.3 Å². The van der Waals surface area contributed by atoms with Crippen LogP contribution in [0.3, 0.4) is 0 Å². The zero-order valence-electron chi connectivity index (χ0n) is 16.1. The van der Waals surface area contributed by atoms with Crippen molar-refractivity contribution in [3.63, 3.8) is 0 Å². The van der Waals surface area contributed by atoms with E-state index in [1.807, 2.05) is 36.4 Å². The highest BCUT2D eigenvalue weighted by Gasteiger charge is 2.19. The van der Waals surface area contributed by atoms with E-state index in [1.165, 1.54) is 0 Å². The van der Waals surface area contributed by atoms with Gasteiger partial charge in [0.25, 0.3) is 0 Å². The van der Waals surface area contributed by atoms with Crippen LogP contribution in [-0.2, 0) is 6.54 Å². The van der Waals surface area contributed by atoms with Crippen LogP contribution in [0.4, 0.5) is 5.69 Å². The Morgan fingerprint density at radius 1 is 1.14 bits per heavy atom. The highest BCUT2D eigenvalue weighted by atomic mass is 35.5. The summed E-state index contributed by atoms with van der Waals surface area (Å²) in [5.41, 5.74) is 3.81. The van der Waals surface area contributed by atoms with Crippen molar-refractivity contribution in [1.29, 1.82) is 5.26 Å². The number of aromatic nitrogens is 1. The molecule has 0 N–H and O–H groups in total. The first-order valence-corrected chi connectivity index (χ1v) is 10.7. The molecule has 148 valence electrons. The van der Waals surface area contributed by atoms with Gasteiger partial charge in [-0.1, -0.05) is 11.6 Å². The fourth-order valence-corrected chi connectivity index (χ4v) is 4.46. The molecule has 0 bridgehead atoms. The number of methoxy groups -OCH3 is 1. The molecule has 1 aliphatic heterocycles. The van der Waals surface area contributed by atoms with Crippen LogP contribution in [0.15, 0.2) is 47.8 Å². The summed E-state index contributed by atoms with van der Waals surface area (Å²) in [6.07, 6.45) is 0. The van der Waals surface area contributed by atoms with Gasteiger partial charge in [-0.15, -0.1) is 11.3 Å². The third-order valence-corrected chi connectivity index (χ3v) is 6.34. The van der Waals surface area contributed by atoms with E-state index in [0.29, 0.717) is 10.6 Å². The number of benzene rings is 2. The molecule has 5 nitrogen and oxygen atoms in total. The molecule has 0 spiro atoms. The summed E-state index contributed by atoms with van der Waals surface area (Å²) >= 11 is 7.86. The Balaban J connectivity index is 1.34. The SMILES string of the molecule is COc1ccc(-c2nc(CN3CCN(c4ccc(C#N)c(Cl)c4)CC3)cs2)cc1. The van der Waals surface area contributed by atoms with Gasteiger partial charge in [0.15, 0.2) is 0 Å². The summed E-state index contributed by atoms with van der Waals surface area (Å²) in [6, 6.07) is 15.8. The maximum Gasteiger partial charge on any atom is 0.123 e. The number of anilines is 1. The van der Waals surface area contributed by atoms with Crippen molar-refractivity contribution < 1.29 is 4.74 Å². The molecule has 0 unspecified atom stereocenters. The number of ether oxygens (including phenoxy) is 1. The normalized spacial score (nSPS) is 14.6. The lowest BCUT2D eigenvalue weighted by atomic mass is 10.2. The van der Waals surface area contributed by atoms with Gasteiger partial charge in [-0.2, -0.15) is 5.26 Å². The molecule has 1 aliphatic rings. The average Bonchev–Trinajstić information content (AvgIpc) is 3.23. The van der Waals surface area contributed by atoms with Gasteiger partial charge in [0.2, 0.25) is 0 Å². The number of nitrogens with zero attached hydrogens (tertiary/aromatic N) is 4. The molecule has 1 saturated heterocycles. The fourth-order valence-electron chi connectivity index (χ4n) is 3.43. The van der Waals surface area contributed by atoms with Crippen molar-refractivity contribution >= 4 is 28.6 Å². The quantitative estimate of drug-likeness (QED) is 0.595. The maximum atomic E-state index is 9.03. The number of thiazole rings is 1. The smallest absolute Gasteiger partial charge is 0.123 e. The topological polar surface area (TPSA) is 52.4 Å². The molecule has 29 heavy (non-hydrogen) atoms. The first kappa shape index (κ1) is 19.7. The Labute approximate surface area is 179 Å². The molecule has 1 aromatic heterocycles. The third-order valence-electron chi connectivity index (χ3n) is 5.08. The molecule has 4 rings (SSSR count). The van der Waals surface area contributed by atoms with Crippen LogP contribution in [0.5, 0.6) is 5.75 Å². The molecular formula is C22H21ClN4OS. The first-order chi connectivity index (χ1) is 14.2. The summed E-state index contributed by atoms with van der Waals surface area (Å²) in [7, 11) is 1.67. The molecule has 2 heterocycles. The molecule has 0 atom stereocenters. The lowest BCUT2D eigenvalue weighted by Gasteiger charge is -2.35. The molecule has 3 aromatic rings. The van der Waals surface area contributed by atoms with Crippen molar-refractivity contribution in [3.05, 3.63) is 64.1 Å². The van der Waals surface area contributed by atoms with Gasteiger partial charge in [0.1, 0.15) is 16.8 Å². The molecule has 0 saturated carbocycles. The summed E-state index contributed by atoms with van der Waals surface area (Å²) in [6.45, 7) is 4.64. The number of halogens is 1. The average molecular weight is 425 g/mol. The van der Waals surface area contributed by atoms with E-state index < -0.39 is 0 Å². The second-order valence-electron chi connectivity index (χ2n) is 6.91. The number of hydrogen-bond acceptors (Lipinski definition) is 6. The van der Waals surface area contributed by atoms with Crippen molar-refractivity contribution in [2.75, 3.05) is 38.2 Å². The van der Waals surface area contributed by atoms with Crippen molar-refractivity contribution in [2.45, 2.75) is 6.54 Å². The van der Waals surface area contributed by atoms with Gasteiger partial charge in [-0.3, -0.25) is 4.90 Å². The number of piperazine rings is 1. The van der Waals surface area contributed by atoms with Crippen LogP contribution < -0.4 is 9.64 Å². The predicted molar refractivity (Wildman–Crippen MR) is 118 cm³/mol. The monoisotopic (exact) mass is 424 g/mol. The number of rotatable bonds is 5. The Morgan fingerprint density at radius 2 is 1.90 bits per heavy atom. The minimum Gasteiger partial charge on any atom is -0.497 e. The molecule has 0 amide bonds. The molecule has 7 heteroatoms. The van der Waals surface area contributed by atoms with Crippen LogP contribution in [-0.4, -0.2) is 43.2 Å². The Bertz CT molecular complexity index is 1020. The van der Waals surface area contributed by atoms with Crippen molar-refractivity contribution in [1.82, 2.24) is 9.88 Å². The zero-order valence-corrected chi connectivity index (χ0v) is 17.7. The Kier molecular flexibility index (Phi) is 6.00. The maximum absolute atomic E-state index is 9.03. The first-order valence-electron chi connectivity index (χ1n) is 9.42. The van der Waals surface area contributed by atoms with E-state index in [2.05, 4.69) is 21.2 Å². The highest BCUT2D eigenvalue weighted by molar-refractivity contribution is 7.13. The Hall–Kier alpha value is -2.59. The van der Waals surface area contributed by atoms with Crippen molar-refractivity contribution in [3.8, 4) is 22.4 Å². The van der Waals surface area contributed by atoms with Gasteiger partial charge in [0.05, 0.1) is 23.4 Å². The van der Waals surface area contributed by atoms with Crippen LogP contribution in [0.25, 0.3) is 10.6 Å². The minimum absolute atomic E-state index is 0.515. The van der Waals surface area contributed by atoms with Crippen LogP contribution >= 0.6 is 22.9 Å². The van der Waals surface area contributed by atoms with Gasteiger partial charge in [-0.05, 0) is 42.5 Å². The second-order valence-corrected chi connectivity index (χ2v) is 8.18. The van der Waals surface area contributed by atoms with Gasteiger partial charge in [0, 0.05) is 49.4 Å². The summed E-state index contributed by atoms with van der Waals surface area (Å²) in [5, 5.41) is 12.7. The van der Waals surface area contributed by atoms with E-state index in [0.717, 1.165) is 60.4 Å². The van der Waals surface area contributed by atoms with E-state index in [-0.39, 0.29) is 0 Å². The zero-order chi connectivity index (χ0) is 20.2. The highest BCUT2D eigenvalue weighted by Crippen LogP contribution is 2.27. The molecule has 1 fully saturated rings. The Morgan fingerprint density at radius 3 is 2.55 bits per heavy atom. The minimum atomic E-state index is 0.515. The lowest BCUT2D eigenvalue weighted by Crippen LogP contribution is -2.46. The standard InChI is InChI=1S/C22H21ClN4OS/c1-28-20-6-3-16(4-7-20)22-25-18(15-29-22)14-26-8-10-27(11-9-26)19-5-2-17(13-24)21(23)12-19/h2-7,12,15H,8-11,14H2,1H3. The van der Waals surface area contributed by atoms with Crippen molar-refractivity contribution in [2.24, 2.45) is 0 Å². The van der Waals surface area contributed by atoms with E-state index in [1.54, 1.807) is 24.5 Å². The van der Waals surface area contributed by atoms with Crippen LogP contribution in [0.2, 0.25) is 5.02 Å². The fraction of sp³-hybridized carbons (Fsp3) is 0.273. The molecule has 0 aliphatic carbocycles. The largest absolute Gasteiger partial charge is 0.497 e. The molecule has 2 aromatic carbocycles. The van der Waals surface area contributed by atoms with Gasteiger partial charge < -0.3 is 9.64 Å². The number of hydrogen-bond donors (Lipinski definition) is 0. The molecule has 0 radical (unpaired) electrons. The van der Waals surface area contributed by atoms with E-state index in [9.17, 15) is 0 Å². The van der Waals surface area contributed by atoms with Gasteiger partial charge >= 0.3 is 0 Å². The van der Waals surface area contributed by atoms with Crippen LogP contribution in [0, 0.1) is 11.3 Å². The summed E-state index contributed by atoms with van der Waals surface area (Å²) in [4.78, 5) is 9.55. The summed E-state index contributed by atoms with van der Waals surface area (Å²) in [5.74, 6) is 0.854. The second kappa shape index (κ2) is 8.83. The van der Waals surface area contributed by atoms with E-state index >= 15 is 0 Å². The van der Waals surface area contributed by atoms with E-state index in [4.69, 9.17) is 26.6 Å².